The minimum Gasteiger partial charge on any atom is -0.384 e. The van der Waals surface area contributed by atoms with Crippen LogP contribution in [0, 0.1) is 23.7 Å². The van der Waals surface area contributed by atoms with Gasteiger partial charge in [0.25, 0.3) is 5.91 Å². The van der Waals surface area contributed by atoms with Crippen LogP contribution in [0.3, 0.4) is 0 Å². The molecule has 0 aliphatic heterocycles. The molecule has 0 unspecified atom stereocenters. The quantitative estimate of drug-likeness (QED) is 0.179. The monoisotopic (exact) mass is 360 g/mol. The molecule has 0 fully saturated rings. The number of benzene rings is 1. The highest BCUT2D eigenvalue weighted by Gasteiger charge is 2.16. The Morgan fingerprint density at radius 2 is 1.96 bits per heavy atom. The Kier molecular flexibility index (Phi) is 5.29. The van der Waals surface area contributed by atoms with Crippen molar-refractivity contribution in [3.05, 3.63) is 59.9 Å². The van der Waals surface area contributed by atoms with Gasteiger partial charge in [-0.3, -0.25) is 15.2 Å². The van der Waals surface area contributed by atoms with Gasteiger partial charge in [-0.05, 0) is 30.0 Å². The molecule has 1 amide bonds. The van der Waals surface area contributed by atoms with E-state index in [1.165, 1.54) is 18.5 Å². The molecule has 0 bridgehead atoms. The van der Waals surface area contributed by atoms with Crippen LogP contribution in [0.25, 0.3) is 22.2 Å². The fraction of sp³-hybridized carbons (Fsp3) is 0.0500. The summed E-state index contributed by atoms with van der Waals surface area (Å²) in [5.41, 5.74) is 4.27. The molecule has 3 rings (SSSR count). The third-order valence-electron chi connectivity index (χ3n) is 3.70. The number of carbonyl (C=O) groups is 1. The predicted octanol–water partition coefficient (Wildman–Crippen LogP) is 0.893. The van der Waals surface area contributed by atoms with Crippen molar-refractivity contribution >= 4 is 16.8 Å². The summed E-state index contributed by atoms with van der Waals surface area (Å²) in [5, 5.41) is 27.6. The van der Waals surface area contributed by atoms with Crippen molar-refractivity contribution in [1.29, 1.82) is 0 Å². The zero-order valence-electron chi connectivity index (χ0n) is 14.0. The van der Waals surface area contributed by atoms with E-state index in [4.69, 9.17) is 10.3 Å². The van der Waals surface area contributed by atoms with Crippen molar-refractivity contribution in [1.82, 2.24) is 10.5 Å². The van der Waals surface area contributed by atoms with E-state index in [2.05, 4.69) is 28.7 Å². The second kappa shape index (κ2) is 7.98. The summed E-state index contributed by atoms with van der Waals surface area (Å²) in [7, 11) is 0. The van der Waals surface area contributed by atoms with E-state index < -0.39 is 5.91 Å². The standard InChI is InChI=1S/C20H13N3O4/c24-11-3-1-2-4-14-5-7-15(8-6-14)19-12-16(20(25)22-26)17-13-23(27)10-9-18(17)21-19/h5-10,12-13,24H,11H2,(H2-,21,22,25,26,27)/p+1. The Labute approximate surface area is 154 Å². The molecule has 0 saturated carbocycles. The molecule has 3 aromatic rings. The number of rotatable bonds is 2. The maximum Gasteiger partial charge on any atom is 0.275 e. The number of pyridine rings is 2. The van der Waals surface area contributed by atoms with Gasteiger partial charge in [-0.2, -0.15) is 0 Å². The largest absolute Gasteiger partial charge is 0.384 e. The number of nitrogens with one attached hydrogen (secondary N) is 1. The first-order valence-electron chi connectivity index (χ1n) is 7.82. The molecule has 0 saturated heterocycles. The minimum absolute atomic E-state index is 0.170. The molecule has 0 aliphatic rings. The Morgan fingerprint density at radius 1 is 1.19 bits per heavy atom. The van der Waals surface area contributed by atoms with Crippen LogP contribution in [-0.2, 0) is 0 Å². The summed E-state index contributed by atoms with van der Waals surface area (Å²) in [6.45, 7) is -0.235. The van der Waals surface area contributed by atoms with Gasteiger partial charge in [0.15, 0.2) is 0 Å². The molecule has 7 nitrogen and oxygen atoms in total. The van der Waals surface area contributed by atoms with Crippen LogP contribution in [0.4, 0.5) is 0 Å². The Balaban J connectivity index is 2.04. The summed E-state index contributed by atoms with van der Waals surface area (Å²) < 4.78 is 0.811. The Bertz CT molecular complexity index is 1130. The van der Waals surface area contributed by atoms with Crippen molar-refractivity contribution in [2.75, 3.05) is 6.61 Å². The van der Waals surface area contributed by atoms with Gasteiger partial charge in [-0.1, -0.05) is 24.0 Å². The minimum atomic E-state index is -0.709. The first-order chi connectivity index (χ1) is 13.1. The number of hydroxylamine groups is 1. The van der Waals surface area contributed by atoms with Gasteiger partial charge in [0.1, 0.15) is 6.61 Å². The van der Waals surface area contributed by atoms with E-state index in [0.29, 0.717) is 16.6 Å². The summed E-state index contributed by atoms with van der Waals surface area (Å²) >= 11 is 0. The van der Waals surface area contributed by atoms with Gasteiger partial charge in [-0.25, -0.2) is 10.5 Å². The molecule has 2 heterocycles. The van der Waals surface area contributed by atoms with Crippen molar-refractivity contribution in [3.8, 4) is 34.9 Å². The van der Waals surface area contributed by atoms with Crippen molar-refractivity contribution in [3.63, 3.8) is 0 Å². The molecule has 4 N–H and O–H groups in total. The first kappa shape index (κ1) is 17.9. The molecule has 0 atom stereocenters. The second-order valence-corrected chi connectivity index (χ2v) is 5.41. The highest BCUT2D eigenvalue weighted by molar-refractivity contribution is 6.06. The number of aromatic nitrogens is 2. The summed E-state index contributed by atoms with van der Waals surface area (Å²) in [6.07, 6.45) is 2.73. The van der Waals surface area contributed by atoms with E-state index in [0.717, 1.165) is 15.9 Å². The summed E-state index contributed by atoms with van der Waals surface area (Å²) in [6, 6.07) is 10.3. The lowest BCUT2D eigenvalue weighted by atomic mass is 10.0. The van der Waals surface area contributed by atoms with Crippen LogP contribution in [-0.4, -0.2) is 33.0 Å². The van der Waals surface area contributed by atoms with E-state index in [1.807, 2.05) is 0 Å². The van der Waals surface area contributed by atoms with Crippen LogP contribution in [0.5, 0.6) is 0 Å². The van der Waals surface area contributed by atoms with Gasteiger partial charge < -0.3 is 5.11 Å². The maximum absolute atomic E-state index is 12.0. The highest BCUT2D eigenvalue weighted by atomic mass is 16.5. The molecular formula is C20H14N3O4+. The van der Waals surface area contributed by atoms with E-state index >= 15 is 0 Å². The van der Waals surface area contributed by atoms with Crippen LogP contribution in [0.1, 0.15) is 15.9 Å². The molecule has 0 spiro atoms. The third-order valence-corrected chi connectivity index (χ3v) is 3.70. The number of hydrogen-bond donors (Lipinski definition) is 4. The molecule has 1 aromatic carbocycles. The van der Waals surface area contributed by atoms with Crippen molar-refractivity contribution in [2.24, 2.45) is 0 Å². The van der Waals surface area contributed by atoms with Crippen molar-refractivity contribution in [2.45, 2.75) is 0 Å². The number of aliphatic hydroxyl groups is 1. The lowest BCUT2D eigenvalue weighted by Crippen LogP contribution is -2.29. The fourth-order valence-electron chi connectivity index (χ4n) is 2.47. The number of fused-ring (bicyclic) bond motifs is 1. The normalized spacial score (nSPS) is 9.70. The average molecular weight is 360 g/mol. The topological polar surface area (TPSA) is 107 Å². The molecule has 27 heavy (non-hydrogen) atoms. The fourth-order valence-corrected chi connectivity index (χ4v) is 2.47. The van der Waals surface area contributed by atoms with E-state index in [9.17, 15) is 10.0 Å². The average Bonchev–Trinajstić information content (AvgIpc) is 2.70. The molecule has 2 aromatic heterocycles. The lowest BCUT2D eigenvalue weighted by Gasteiger charge is -2.07. The maximum atomic E-state index is 12.0. The van der Waals surface area contributed by atoms with Crippen LogP contribution < -0.4 is 10.2 Å². The van der Waals surface area contributed by atoms with E-state index in [1.54, 1.807) is 35.8 Å². The van der Waals surface area contributed by atoms with Crippen LogP contribution in [0.2, 0.25) is 0 Å². The Hall–Kier alpha value is -3.91. The van der Waals surface area contributed by atoms with Gasteiger partial charge in [0, 0.05) is 21.9 Å². The van der Waals surface area contributed by atoms with Gasteiger partial charge in [0.2, 0.25) is 12.4 Å². The molecule has 0 aliphatic carbocycles. The lowest BCUT2D eigenvalue weighted by molar-refractivity contribution is -0.904. The van der Waals surface area contributed by atoms with Crippen molar-refractivity contribution < 1.29 is 25.0 Å². The first-order valence-corrected chi connectivity index (χ1v) is 7.82. The predicted molar refractivity (Wildman–Crippen MR) is 95.6 cm³/mol. The molecule has 0 radical (unpaired) electrons. The number of carbonyl (C=O) groups excluding carboxylic acids is 1. The zero-order chi connectivity index (χ0) is 19.2. The highest BCUT2D eigenvalue weighted by Crippen LogP contribution is 2.24. The van der Waals surface area contributed by atoms with Crippen LogP contribution >= 0.6 is 0 Å². The number of aliphatic hydroxyl groups excluding tert-OH is 1. The van der Waals surface area contributed by atoms with E-state index in [-0.39, 0.29) is 12.2 Å². The third kappa shape index (κ3) is 4.02. The number of hydrogen-bond acceptors (Lipinski definition) is 5. The number of amides is 1. The van der Waals surface area contributed by atoms with Crippen LogP contribution in [0.15, 0.2) is 48.8 Å². The summed E-state index contributed by atoms with van der Waals surface area (Å²) in [5.74, 6) is 9.73. The molecule has 132 valence electrons. The smallest absolute Gasteiger partial charge is 0.275 e. The SMILES string of the molecule is O=C(NO)c1cc(-c2ccc(C#CC#CCO)cc2)nc2cc[n+](O)cc12. The van der Waals surface area contributed by atoms with Gasteiger partial charge >= 0.3 is 0 Å². The summed E-state index contributed by atoms with van der Waals surface area (Å²) in [4.78, 5) is 16.5. The second-order valence-electron chi connectivity index (χ2n) is 5.41. The molecule has 7 heteroatoms. The van der Waals surface area contributed by atoms with Gasteiger partial charge in [-0.15, -0.1) is 0 Å². The number of nitrogens with zero attached hydrogens (tertiary/aromatic N) is 2. The van der Waals surface area contributed by atoms with Gasteiger partial charge in [0.05, 0.1) is 22.2 Å². The molecular weight excluding hydrogens is 346 g/mol. The zero-order valence-corrected chi connectivity index (χ0v) is 14.0. The Morgan fingerprint density at radius 3 is 2.67 bits per heavy atom.